The van der Waals surface area contributed by atoms with Crippen molar-refractivity contribution in [3.8, 4) is 5.75 Å². The number of fused-ring (bicyclic) bond motifs is 1. The molecule has 20 heavy (non-hydrogen) atoms. The van der Waals surface area contributed by atoms with Crippen molar-refractivity contribution in [3.63, 3.8) is 0 Å². The van der Waals surface area contributed by atoms with Gasteiger partial charge in [0, 0.05) is 36.1 Å². The van der Waals surface area contributed by atoms with Crippen LogP contribution in [0.15, 0.2) is 16.6 Å². The molecule has 2 aliphatic rings. The Labute approximate surface area is 126 Å². The van der Waals surface area contributed by atoms with Gasteiger partial charge in [0.15, 0.2) is 0 Å². The Balaban J connectivity index is 1.78. The van der Waals surface area contributed by atoms with Crippen LogP contribution in [0.25, 0.3) is 0 Å². The summed E-state index contributed by atoms with van der Waals surface area (Å²) in [6.45, 7) is 4.97. The molecule has 2 unspecified atom stereocenters. The number of ether oxygens (including phenoxy) is 1. The third-order valence-electron chi connectivity index (χ3n) is 4.22. The van der Waals surface area contributed by atoms with Gasteiger partial charge in [-0.1, -0.05) is 22.9 Å². The van der Waals surface area contributed by atoms with E-state index in [1.165, 1.54) is 5.56 Å². The van der Waals surface area contributed by atoms with E-state index >= 15 is 0 Å². The zero-order valence-electron chi connectivity index (χ0n) is 11.4. The number of aliphatic carboxylic acids is 1. The highest BCUT2D eigenvalue weighted by Crippen LogP contribution is 2.35. The number of likely N-dealkylation sites (tertiary alicyclic amines) is 1. The summed E-state index contributed by atoms with van der Waals surface area (Å²) in [4.78, 5) is 13.4. The molecule has 2 aliphatic heterocycles. The number of hydrogen-bond donors (Lipinski definition) is 1. The van der Waals surface area contributed by atoms with Gasteiger partial charge in [-0.05, 0) is 23.6 Å². The van der Waals surface area contributed by atoms with Gasteiger partial charge in [0.1, 0.15) is 5.75 Å². The van der Waals surface area contributed by atoms with Gasteiger partial charge in [-0.2, -0.15) is 0 Å². The van der Waals surface area contributed by atoms with Gasteiger partial charge in [-0.15, -0.1) is 0 Å². The van der Waals surface area contributed by atoms with Crippen LogP contribution in [-0.2, 0) is 17.8 Å². The molecule has 1 aromatic rings. The molecule has 0 bridgehead atoms. The molecule has 1 saturated heterocycles. The summed E-state index contributed by atoms with van der Waals surface area (Å²) in [7, 11) is 0. The topological polar surface area (TPSA) is 49.8 Å². The molecule has 0 aromatic heterocycles. The Morgan fingerprint density at radius 1 is 1.50 bits per heavy atom. The third-order valence-corrected chi connectivity index (χ3v) is 4.68. The number of rotatable bonds is 3. The summed E-state index contributed by atoms with van der Waals surface area (Å²) in [5.41, 5.74) is 2.40. The van der Waals surface area contributed by atoms with E-state index < -0.39 is 5.97 Å². The monoisotopic (exact) mass is 339 g/mol. The normalized spacial score (nSPS) is 25.5. The zero-order valence-corrected chi connectivity index (χ0v) is 13.0. The minimum absolute atomic E-state index is 0.202. The number of carbonyl (C=O) groups is 1. The van der Waals surface area contributed by atoms with Crippen molar-refractivity contribution in [3.05, 3.63) is 27.7 Å². The van der Waals surface area contributed by atoms with E-state index in [9.17, 15) is 9.90 Å². The molecule has 5 heteroatoms. The van der Waals surface area contributed by atoms with E-state index in [2.05, 4.69) is 33.0 Å². The first-order chi connectivity index (χ1) is 9.54. The molecular weight excluding hydrogens is 322 g/mol. The van der Waals surface area contributed by atoms with Gasteiger partial charge in [0.25, 0.3) is 0 Å². The van der Waals surface area contributed by atoms with Crippen LogP contribution in [0.1, 0.15) is 18.1 Å². The van der Waals surface area contributed by atoms with Crippen LogP contribution >= 0.6 is 15.9 Å². The van der Waals surface area contributed by atoms with E-state index in [1.54, 1.807) is 0 Å². The lowest BCUT2D eigenvalue weighted by molar-refractivity contribution is -0.142. The minimum atomic E-state index is -0.685. The van der Waals surface area contributed by atoms with Crippen LogP contribution in [-0.4, -0.2) is 35.7 Å². The van der Waals surface area contributed by atoms with Gasteiger partial charge in [-0.25, -0.2) is 0 Å². The molecular formula is C15H18BrNO3. The first kappa shape index (κ1) is 13.9. The van der Waals surface area contributed by atoms with E-state index in [0.29, 0.717) is 6.54 Å². The highest BCUT2D eigenvalue weighted by molar-refractivity contribution is 9.10. The number of nitrogens with zero attached hydrogens (tertiary/aromatic N) is 1. The second-order valence-corrected chi connectivity index (χ2v) is 6.68. The van der Waals surface area contributed by atoms with Crippen LogP contribution in [0.4, 0.5) is 0 Å². The first-order valence-electron chi connectivity index (χ1n) is 6.94. The highest BCUT2D eigenvalue weighted by Gasteiger charge is 2.35. The van der Waals surface area contributed by atoms with Gasteiger partial charge in [0.2, 0.25) is 0 Å². The Bertz CT molecular complexity index is 546. The Hall–Kier alpha value is -1.07. The van der Waals surface area contributed by atoms with Crippen molar-refractivity contribution in [2.45, 2.75) is 19.9 Å². The predicted molar refractivity (Wildman–Crippen MR) is 78.9 cm³/mol. The van der Waals surface area contributed by atoms with E-state index in [1.807, 2.05) is 6.92 Å². The average molecular weight is 340 g/mol. The van der Waals surface area contributed by atoms with Crippen LogP contribution in [0.3, 0.4) is 0 Å². The van der Waals surface area contributed by atoms with Gasteiger partial charge in [-0.3, -0.25) is 9.69 Å². The van der Waals surface area contributed by atoms with Gasteiger partial charge >= 0.3 is 5.97 Å². The molecule has 0 saturated carbocycles. The van der Waals surface area contributed by atoms with Gasteiger partial charge in [0.05, 0.1) is 12.5 Å². The summed E-state index contributed by atoms with van der Waals surface area (Å²) >= 11 is 3.54. The standard InChI is InChI=1S/C15H18BrNO3/c1-9-6-17(8-13(9)15(18)19)7-11-5-12(16)4-10-2-3-20-14(10)11/h4-5,9,13H,2-3,6-8H2,1H3,(H,18,19). The Kier molecular flexibility index (Phi) is 3.73. The smallest absolute Gasteiger partial charge is 0.308 e. The second kappa shape index (κ2) is 5.37. The van der Waals surface area contributed by atoms with Crippen LogP contribution < -0.4 is 4.74 Å². The molecule has 0 radical (unpaired) electrons. The van der Waals surface area contributed by atoms with Crippen molar-refractivity contribution < 1.29 is 14.6 Å². The SMILES string of the molecule is CC1CN(Cc2cc(Br)cc3c2OCC3)CC1C(=O)O. The lowest BCUT2D eigenvalue weighted by atomic mass is 9.99. The number of halogens is 1. The van der Waals surface area contributed by atoms with E-state index in [0.717, 1.165) is 41.9 Å². The average Bonchev–Trinajstić information content (AvgIpc) is 2.95. The minimum Gasteiger partial charge on any atom is -0.493 e. The maximum atomic E-state index is 11.2. The third kappa shape index (κ3) is 2.56. The van der Waals surface area contributed by atoms with Gasteiger partial charge < -0.3 is 9.84 Å². The molecule has 108 valence electrons. The fraction of sp³-hybridized carbons (Fsp3) is 0.533. The molecule has 2 atom stereocenters. The van der Waals surface area contributed by atoms with Crippen molar-refractivity contribution >= 4 is 21.9 Å². The van der Waals surface area contributed by atoms with Crippen molar-refractivity contribution in [2.75, 3.05) is 19.7 Å². The predicted octanol–water partition coefficient (Wildman–Crippen LogP) is 2.54. The summed E-state index contributed by atoms with van der Waals surface area (Å²) in [6.07, 6.45) is 0.954. The molecule has 0 spiro atoms. The maximum absolute atomic E-state index is 11.2. The molecule has 1 N–H and O–H groups in total. The molecule has 2 heterocycles. The molecule has 0 amide bonds. The molecule has 0 aliphatic carbocycles. The summed E-state index contributed by atoms with van der Waals surface area (Å²) < 4.78 is 6.80. The van der Waals surface area contributed by atoms with E-state index in [4.69, 9.17) is 4.74 Å². The van der Waals surface area contributed by atoms with Crippen molar-refractivity contribution in [2.24, 2.45) is 11.8 Å². The first-order valence-corrected chi connectivity index (χ1v) is 7.73. The Morgan fingerprint density at radius 3 is 3.00 bits per heavy atom. The quantitative estimate of drug-likeness (QED) is 0.919. The lowest BCUT2D eigenvalue weighted by Crippen LogP contribution is -2.23. The largest absolute Gasteiger partial charge is 0.493 e. The highest BCUT2D eigenvalue weighted by atomic mass is 79.9. The summed E-state index contributed by atoms with van der Waals surface area (Å²) in [5, 5.41) is 9.21. The second-order valence-electron chi connectivity index (χ2n) is 5.77. The molecule has 1 fully saturated rings. The van der Waals surface area contributed by atoms with Crippen LogP contribution in [0.5, 0.6) is 5.75 Å². The molecule has 3 rings (SSSR count). The maximum Gasteiger partial charge on any atom is 0.308 e. The fourth-order valence-corrected chi connectivity index (χ4v) is 3.77. The Morgan fingerprint density at radius 2 is 2.30 bits per heavy atom. The van der Waals surface area contributed by atoms with Crippen molar-refractivity contribution in [1.29, 1.82) is 0 Å². The van der Waals surface area contributed by atoms with Crippen molar-refractivity contribution in [1.82, 2.24) is 4.90 Å². The van der Waals surface area contributed by atoms with Crippen LogP contribution in [0, 0.1) is 11.8 Å². The number of hydrogen-bond acceptors (Lipinski definition) is 3. The van der Waals surface area contributed by atoms with Crippen LogP contribution in [0.2, 0.25) is 0 Å². The zero-order chi connectivity index (χ0) is 14.3. The number of carboxylic acid groups (broad SMARTS) is 1. The lowest BCUT2D eigenvalue weighted by Gasteiger charge is -2.17. The van der Waals surface area contributed by atoms with E-state index in [-0.39, 0.29) is 11.8 Å². The summed E-state index contributed by atoms with van der Waals surface area (Å²) in [6, 6.07) is 4.20. The molecule has 1 aromatic carbocycles. The number of benzene rings is 1. The fourth-order valence-electron chi connectivity index (χ4n) is 3.22. The number of carboxylic acids is 1. The summed E-state index contributed by atoms with van der Waals surface area (Å²) in [5.74, 6) is 0.264. The molecule has 4 nitrogen and oxygen atoms in total.